The van der Waals surface area contributed by atoms with Gasteiger partial charge in [-0.25, -0.2) is 4.98 Å². The van der Waals surface area contributed by atoms with Gasteiger partial charge in [-0.15, -0.1) is 0 Å². The van der Waals surface area contributed by atoms with E-state index in [-0.39, 0.29) is 5.28 Å². The highest BCUT2D eigenvalue weighted by atomic mass is 35.5. The second kappa shape index (κ2) is 5.87. The van der Waals surface area contributed by atoms with Gasteiger partial charge in [0, 0.05) is 6.04 Å². The number of rotatable bonds is 3. The smallest absolute Gasteiger partial charge is 0.224 e. The van der Waals surface area contributed by atoms with Crippen LogP contribution in [0.1, 0.15) is 39.0 Å². The Labute approximate surface area is 112 Å². The Bertz CT molecular complexity index is 376. The molecule has 0 saturated heterocycles. The van der Waals surface area contributed by atoms with Crippen molar-refractivity contribution in [2.75, 3.05) is 5.32 Å². The number of nitrogens with zero attached hydrogens (tertiary/aromatic N) is 2. The van der Waals surface area contributed by atoms with Crippen LogP contribution in [0.15, 0.2) is 6.20 Å². The molecule has 3 nitrogen and oxygen atoms in total. The first-order valence-corrected chi connectivity index (χ1v) is 6.89. The molecule has 1 fully saturated rings. The van der Waals surface area contributed by atoms with Gasteiger partial charge >= 0.3 is 0 Å². The van der Waals surface area contributed by atoms with Crippen molar-refractivity contribution in [1.82, 2.24) is 9.97 Å². The lowest BCUT2D eigenvalue weighted by Gasteiger charge is -2.28. The van der Waals surface area contributed by atoms with Gasteiger partial charge in [0.2, 0.25) is 5.28 Å². The first-order valence-electron chi connectivity index (χ1n) is 6.13. The van der Waals surface area contributed by atoms with Crippen molar-refractivity contribution >= 4 is 29.0 Å². The molecule has 5 heteroatoms. The molecule has 0 spiro atoms. The molecule has 17 heavy (non-hydrogen) atoms. The Balaban J connectivity index is 1.95. The normalized spacial score (nSPS) is 24.6. The second-order valence-corrected chi connectivity index (χ2v) is 5.35. The maximum Gasteiger partial charge on any atom is 0.224 e. The third-order valence-corrected chi connectivity index (χ3v) is 3.94. The third kappa shape index (κ3) is 3.46. The Morgan fingerprint density at radius 1 is 1.29 bits per heavy atom. The lowest BCUT2D eigenvalue weighted by Crippen LogP contribution is -2.26. The molecule has 1 aromatic heterocycles. The summed E-state index contributed by atoms with van der Waals surface area (Å²) in [7, 11) is 0. The maximum atomic E-state index is 6.03. The van der Waals surface area contributed by atoms with Crippen LogP contribution in [-0.2, 0) is 0 Å². The molecular formula is C12H17Cl2N3. The van der Waals surface area contributed by atoms with Gasteiger partial charge in [-0.05, 0) is 43.2 Å². The molecule has 0 radical (unpaired) electrons. The van der Waals surface area contributed by atoms with Crippen LogP contribution < -0.4 is 5.32 Å². The van der Waals surface area contributed by atoms with E-state index in [1.54, 1.807) is 0 Å². The topological polar surface area (TPSA) is 37.8 Å². The van der Waals surface area contributed by atoms with Crippen molar-refractivity contribution in [1.29, 1.82) is 0 Å². The number of anilines is 1. The molecule has 1 aliphatic rings. The first kappa shape index (κ1) is 12.9. The fourth-order valence-electron chi connectivity index (χ4n) is 2.36. The summed E-state index contributed by atoms with van der Waals surface area (Å²) < 4.78 is 0. The predicted molar refractivity (Wildman–Crippen MR) is 71.7 cm³/mol. The van der Waals surface area contributed by atoms with Gasteiger partial charge in [0.05, 0.1) is 6.20 Å². The van der Waals surface area contributed by atoms with E-state index in [4.69, 9.17) is 23.2 Å². The number of hydrogen-bond acceptors (Lipinski definition) is 3. The molecule has 0 bridgehead atoms. The summed E-state index contributed by atoms with van der Waals surface area (Å²) in [5, 5.41) is 4.14. The fraction of sp³-hybridized carbons (Fsp3) is 0.667. The molecule has 0 amide bonds. The van der Waals surface area contributed by atoms with Crippen molar-refractivity contribution < 1.29 is 0 Å². The van der Waals surface area contributed by atoms with Gasteiger partial charge < -0.3 is 5.32 Å². The van der Waals surface area contributed by atoms with Crippen molar-refractivity contribution in [3.8, 4) is 0 Å². The maximum absolute atomic E-state index is 6.03. The zero-order chi connectivity index (χ0) is 12.3. The molecule has 0 aliphatic heterocycles. The highest BCUT2D eigenvalue weighted by Gasteiger charge is 2.20. The minimum atomic E-state index is 0.235. The van der Waals surface area contributed by atoms with Crippen molar-refractivity contribution in [2.45, 2.75) is 45.1 Å². The molecule has 1 aromatic rings. The van der Waals surface area contributed by atoms with Crippen LogP contribution in [0.2, 0.25) is 10.3 Å². The molecule has 2 rings (SSSR count). The van der Waals surface area contributed by atoms with E-state index in [0.29, 0.717) is 16.9 Å². The van der Waals surface area contributed by atoms with E-state index in [0.717, 1.165) is 5.92 Å². The molecule has 1 heterocycles. The molecule has 0 atom stereocenters. The zero-order valence-electron chi connectivity index (χ0n) is 9.92. The average Bonchev–Trinajstić information content (AvgIpc) is 2.35. The SMILES string of the molecule is CCC1CCC(Nc2nc(Cl)ncc2Cl)CC1. The van der Waals surface area contributed by atoms with E-state index in [2.05, 4.69) is 22.2 Å². The molecule has 1 saturated carbocycles. The summed E-state index contributed by atoms with van der Waals surface area (Å²) in [6.07, 6.45) is 7.74. The van der Waals surface area contributed by atoms with Crippen LogP contribution >= 0.6 is 23.2 Å². The van der Waals surface area contributed by atoms with Crippen molar-refractivity contribution in [3.05, 3.63) is 16.5 Å². The zero-order valence-corrected chi connectivity index (χ0v) is 11.4. The molecule has 0 aromatic carbocycles. The summed E-state index contributed by atoms with van der Waals surface area (Å²) >= 11 is 11.8. The molecule has 0 unspecified atom stereocenters. The number of aromatic nitrogens is 2. The summed E-state index contributed by atoms with van der Waals surface area (Å²) in [5.41, 5.74) is 0. The van der Waals surface area contributed by atoms with Crippen molar-refractivity contribution in [3.63, 3.8) is 0 Å². The molecule has 94 valence electrons. The van der Waals surface area contributed by atoms with E-state index >= 15 is 0 Å². The van der Waals surface area contributed by atoms with Gasteiger partial charge in [-0.1, -0.05) is 24.9 Å². The number of halogens is 2. The van der Waals surface area contributed by atoms with Gasteiger partial charge in [0.15, 0.2) is 0 Å². The average molecular weight is 274 g/mol. The second-order valence-electron chi connectivity index (χ2n) is 4.61. The van der Waals surface area contributed by atoms with Crippen LogP contribution in [0.4, 0.5) is 5.82 Å². The van der Waals surface area contributed by atoms with E-state index < -0.39 is 0 Å². The summed E-state index contributed by atoms with van der Waals surface area (Å²) in [6.45, 7) is 2.26. The van der Waals surface area contributed by atoms with E-state index in [1.165, 1.54) is 38.3 Å². The standard InChI is InChI=1S/C12H17Cl2N3/c1-2-8-3-5-9(6-4-8)16-11-10(13)7-15-12(14)17-11/h7-9H,2-6H2,1H3,(H,15,16,17). The lowest BCUT2D eigenvalue weighted by atomic mass is 9.84. The van der Waals surface area contributed by atoms with Crippen LogP contribution in [0, 0.1) is 5.92 Å². The van der Waals surface area contributed by atoms with Crippen LogP contribution in [0.5, 0.6) is 0 Å². The lowest BCUT2D eigenvalue weighted by molar-refractivity contribution is 0.330. The van der Waals surface area contributed by atoms with Crippen LogP contribution in [0.25, 0.3) is 0 Å². The third-order valence-electron chi connectivity index (χ3n) is 3.48. The first-order chi connectivity index (χ1) is 8.19. The molecule has 1 aliphatic carbocycles. The van der Waals surface area contributed by atoms with Crippen LogP contribution in [-0.4, -0.2) is 16.0 Å². The largest absolute Gasteiger partial charge is 0.366 e. The van der Waals surface area contributed by atoms with Gasteiger partial charge in [0.1, 0.15) is 10.8 Å². The quantitative estimate of drug-likeness (QED) is 0.841. The Hall–Kier alpha value is -0.540. The highest BCUT2D eigenvalue weighted by molar-refractivity contribution is 6.33. The summed E-state index contributed by atoms with van der Waals surface area (Å²) in [5.74, 6) is 1.55. The van der Waals surface area contributed by atoms with Gasteiger partial charge in [-0.2, -0.15) is 4.98 Å². The Kier molecular flexibility index (Phi) is 4.46. The minimum Gasteiger partial charge on any atom is -0.366 e. The minimum absolute atomic E-state index is 0.235. The van der Waals surface area contributed by atoms with E-state index in [9.17, 15) is 0 Å². The van der Waals surface area contributed by atoms with Gasteiger partial charge in [0.25, 0.3) is 0 Å². The Morgan fingerprint density at radius 2 is 2.00 bits per heavy atom. The van der Waals surface area contributed by atoms with Crippen molar-refractivity contribution in [2.24, 2.45) is 5.92 Å². The van der Waals surface area contributed by atoms with E-state index in [1.807, 2.05) is 0 Å². The Morgan fingerprint density at radius 3 is 2.65 bits per heavy atom. The highest BCUT2D eigenvalue weighted by Crippen LogP contribution is 2.29. The monoisotopic (exact) mass is 273 g/mol. The number of nitrogens with one attached hydrogen (secondary N) is 1. The summed E-state index contributed by atoms with van der Waals surface area (Å²) in [4.78, 5) is 7.96. The predicted octanol–water partition coefficient (Wildman–Crippen LogP) is 4.16. The van der Waals surface area contributed by atoms with Crippen LogP contribution in [0.3, 0.4) is 0 Å². The molecular weight excluding hydrogens is 257 g/mol. The fourth-order valence-corrected chi connectivity index (χ4v) is 2.63. The molecule has 1 N–H and O–H groups in total. The van der Waals surface area contributed by atoms with Gasteiger partial charge in [-0.3, -0.25) is 0 Å². The summed E-state index contributed by atoms with van der Waals surface area (Å²) in [6, 6.07) is 0.460. The number of hydrogen-bond donors (Lipinski definition) is 1.